The van der Waals surface area contributed by atoms with Gasteiger partial charge >= 0.3 is 19.8 Å². The first-order valence-electron chi connectivity index (χ1n) is 18.1. The van der Waals surface area contributed by atoms with Crippen LogP contribution in [0.15, 0.2) is 60.8 Å². The van der Waals surface area contributed by atoms with E-state index in [4.69, 9.17) is 19.3 Å². The molecule has 0 aliphatic rings. The molecule has 9 heteroatoms. The molecule has 0 aromatic heterocycles. The summed E-state index contributed by atoms with van der Waals surface area (Å²) >= 11 is 0. The maximum Gasteiger partial charge on any atom is 0.469 e. The summed E-state index contributed by atoms with van der Waals surface area (Å²) in [6, 6.07) is 0. The normalized spacial score (nSPS) is 13.2. The minimum absolute atomic E-state index is 0.155. The smallest absolute Gasteiger partial charge is 0.462 e. The fourth-order valence-corrected chi connectivity index (χ4v) is 4.95. The Bertz CT molecular complexity index is 947. The summed E-state index contributed by atoms with van der Waals surface area (Å²) in [4.78, 5) is 42.6. The predicted molar refractivity (Wildman–Crippen MR) is 193 cm³/mol. The first-order valence-corrected chi connectivity index (χ1v) is 19.6. The van der Waals surface area contributed by atoms with Crippen LogP contribution in [0, 0.1) is 0 Å². The standard InChI is InChI=1S/C38H65O8P/c1-3-5-7-9-11-13-15-17-19-21-23-25-27-29-31-33-38(40)46-36(35-45-47(41,42)43)34-44-37(39)32-30-28-26-24-22-20-18-16-14-12-10-8-6-4-2/h5,7,11,13,16-19,23,25,36H,3-4,6,8-10,12,14-15,20-22,24,26-35H2,1-2H3,(H2,41,42,43)/b7-5-,13-11-,18-16-,19-17-,25-23-/t36-/m1/s1. The second-order valence-electron chi connectivity index (χ2n) is 11.8. The van der Waals surface area contributed by atoms with Gasteiger partial charge in [-0.05, 0) is 77.0 Å². The van der Waals surface area contributed by atoms with E-state index in [9.17, 15) is 14.2 Å². The third-order valence-corrected chi connectivity index (χ3v) is 7.76. The van der Waals surface area contributed by atoms with Gasteiger partial charge in [-0.1, -0.05) is 120 Å². The monoisotopic (exact) mass is 680 g/mol. The molecule has 8 nitrogen and oxygen atoms in total. The Labute approximate surface area is 286 Å². The van der Waals surface area contributed by atoms with Crippen molar-refractivity contribution < 1.29 is 37.9 Å². The van der Waals surface area contributed by atoms with Crippen molar-refractivity contribution in [3.8, 4) is 0 Å². The van der Waals surface area contributed by atoms with Gasteiger partial charge in [0.05, 0.1) is 6.61 Å². The summed E-state index contributed by atoms with van der Waals surface area (Å²) in [6.07, 6.45) is 40.9. The van der Waals surface area contributed by atoms with Crippen molar-refractivity contribution in [2.75, 3.05) is 13.2 Å². The second-order valence-corrected chi connectivity index (χ2v) is 13.0. The molecule has 0 aromatic rings. The molecule has 0 aliphatic heterocycles. The molecule has 0 amide bonds. The van der Waals surface area contributed by atoms with Gasteiger partial charge in [0, 0.05) is 12.8 Å². The number of unbranched alkanes of at least 4 members (excludes halogenated alkanes) is 12. The van der Waals surface area contributed by atoms with Crippen LogP contribution in [0.5, 0.6) is 0 Å². The molecule has 2 N–H and O–H groups in total. The summed E-state index contributed by atoms with van der Waals surface area (Å²) in [5.41, 5.74) is 0. The Morgan fingerprint density at radius 1 is 0.574 bits per heavy atom. The highest BCUT2D eigenvalue weighted by Crippen LogP contribution is 2.35. The van der Waals surface area contributed by atoms with Crippen LogP contribution >= 0.6 is 7.82 Å². The Hall–Kier alpha value is -2.25. The molecule has 1 atom stereocenters. The van der Waals surface area contributed by atoms with Gasteiger partial charge in [0.2, 0.25) is 0 Å². The van der Waals surface area contributed by atoms with Crippen LogP contribution in [0.3, 0.4) is 0 Å². The number of hydrogen-bond donors (Lipinski definition) is 2. The van der Waals surface area contributed by atoms with Crippen molar-refractivity contribution in [1.29, 1.82) is 0 Å². The minimum Gasteiger partial charge on any atom is -0.462 e. The van der Waals surface area contributed by atoms with Gasteiger partial charge in [0.1, 0.15) is 6.61 Å². The van der Waals surface area contributed by atoms with Gasteiger partial charge < -0.3 is 19.3 Å². The zero-order chi connectivity index (χ0) is 34.7. The predicted octanol–water partition coefficient (Wildman–Crippen LogP) is 10.6. The maximum absolute atomic E-state index is 12.3. The van der Waals surface area contributed by atoms with Crippen LogP contribution in [0.1, 0.15) is 149 Å². The van der Waals surface area contributed by atoms with Crippen LogP contribution in [0.2, 0.25) is 0 Å². The molecule has 0 spiro atoms. The van der Waals surface area contributed by atoms with E-state index in [0.717, 1.165) is 70.6 Å². The van der Waals surface area contributed by atoms with Gasteiger partial charge in [-0.15, -0.1) is 0 Å². The average Bonchev–Trinajstić information content (AvgIpc) is 3.03. The molecule has 0 aromatic carbocycles. The number of carbonyl (C=O) groups excluding carboxylic acids is 2. The van der Waals surface area contributed by atoms with E-state index in [0.29, 0.717) is 12.8 Å². The lowest BCUT2D eigenvalue weighted by Crippen LogP contribution is -2.29. The van der Waals surface area contributed by atoms with Crippen LogP contribution in [0.4, 0.5) is 0 Å². The molecule has 0 heterocycles. The van der Waals surface area contributed by atoms with E-state index >= 15 is 0 Å². The fraction of sp³-hybridized carbons (Fsp3) is 0.684. The molecule has 0 unspecified atom stereocenters. The quantitative estimate of drug-likeness (QED) is 0.0312. The molecule has 0 saturated heterocycles. The molecule has 0 aliphatic carbocycles. The molecule has 0 bridgehead atoms. The van der Waals surface area contributed by atoms with Crippen LogP contribution in [-0.2, 0) is 28.2 Å². The Balaban J connectivity index is 4.09. The largest absolute Gasteiger partial charge is 0.469 e. The average molecular weight is 681 g/mol. The lowest BCUT2D eigenvalue weighted by atomic mass is 10.1. The van der Waals surface area contributed by atoms with E-state index in [1.165, 1.54) is 38.5 Å². The van der Waals surface area contributed by atoms with Crippen molar-refractivity contribution in [2.24, 2.45) is 0 Å². The van der Waals surface area contributed by atoms with Crippen LogP contribution < -0.4 is 0 Å². The molecule has 47 heavy (non-hydrogen) atoms. The van der Waals surface area contributed by atoms with Gasteiger partial charge in [-0.25, -0.2) is 4.57 Å². The van der Waals surface area contributed by atoms with Gasteiger partial charge in [-0.3, -0.25) is 14.1 Å². The third kappa shape index (κ3) is 36.4. The summed E-state index contributed by atoms with van der Waals surface area (Å²) in [5.74, 6) is -0.950. The summed E-state index contributed by atoms with van der Waals surface area (Å²) in [5, 5.41) is 0. The molecule has 0 rings (SSSR count). The van der Waals surface area contributed by atoms with E-state index in [1.54, 1.807) is 0 Å². The number of rotatable bonds is 32. The lowest BCUT2D eigenvalue weighted by molar-refractivity contribution is -0.161. The Kier molecular flexibility index (Phi) is 32.0. The molecule has 0 saturated carbocycles. The highest BCUT2D eigenvalue weighted by molar-refractivity contribution is 7.46. The molecule has 0 fully saturated rings. The van der Waals surface area contributed by atoms with Crippen molar-refractivity contribution in [3.05, 3.63) is 60.8 Å². The van der Waals surface area contributed by atoms with Crippen molar-refractivity contribution >= 4 is 19.8 Å². The number of phosphoric acid groups is 1. The third-order valence-electron chi connectivity index (χ3n) is 7.27. The summed E-state index contributed by atoms with van der Waals surface area (Å²) in [7, 11) is -4.76. The zero-order valence-electron chi connectivity index (χ0n) is 29.4. The topological polar surface area (TPSA) is 119 Å². The second kappa shape index (κ2) is 33.6. The summed E-state index contributed by atoms with van der Waals surface area (Å²) < 4.78 is 26.2. The maximum atomic E-state index is 12.3. The number of hydrogen-bond acceptors (Lipinski definition) is 6. The SMILES string of the molecule is CC/C=C\C/C=C\C/C=C\C/C=C\CCCCC(=O)O[C@H](COC(=O)CCCCCCC/C=C\CCCCCCC)COP(=O)(O)O. The Morgan fingerprint density at radius 2 is 1.02 bits per heavy atom. The number of esters is 2. The first-order chi connectivity index (χ1) is 22.8. The number of ether oxygens (including phenoxy) is 2. The first kappa shape index (κ1) is 44.8. The molecule has 0 radical (unpaired) electrons. The van der Waals surface area contributed by atoms with Crippen LogP contribution in [-0.4, -0.2) is 41.0 Å². The lowest BCUT2D eigenvalue weighted by Gasteiger charge is -2.18. The minimum atomic E-state index is -4.76. The zero-order valence-corrected chi connectivity index (χ0v) is 30.3. The molecular weight excluding hydrogens is 615 g/mol. The molecular formula is C38H65O8P. The van der Waals surface area contributed by atoms with Crippen LogP contribution in [0.25, 0.3) is 0 Å². The van der Waals surface area contributed by atoms with Gasteiger partial charge in [0.25, 0.3) is 0 Å². The number of phosphoric ester groups is 1. The van der Waals surface area contributed by atoms with E-state index in [1.807, 2.05) is 0 Å². The van der Waals surface area contributed by atoms with Crippen molar-refractivity contribution in [1.82, 2.24) is 0 Å². The number of carbonyl (C=O) groups is 2. The molecule has 270 valence electrons. The Morgan fingerprint density at radius 3 is 1.60 bits per heavy atom. The highest BCUT2D eigenvalue weighted by Gasteiger charge is 2.22. The van der Waals surface area contributed by atoms with E-state index in [-0.39, 0.29) is 19.4 Å². The summed E-state index contributed by atoms with van der Waals surface area (Å²) in [6.45, 7) is 3.49. The van der Waals surface area contributed by atoms with E-state index < -0.39 is 32.5 Å². The van der Waals surface area contributed by atoms with E-state index in [2.05, 4.69) is 79.1 Å². The van der Waals surface area contributed by atoms with Crippen molar-refractivity contribution in [3.63, 3.8) is 0 Å². The number of allylic oxidation sites excluding steroid dienone is 10. The van der Waals surface area contributed by atoms with Crippen molar-refractivity contribution in [2.45, 2.75) is 155 Å². The fourth-order valence-electron chi connectivity index (χ4n) is 4.59. The van der Waals surface area contributed by atoms with Gasteiger partial charge in [-0.2, -0.15) is 0 Å². The van der Waals surface area contributed by atoms with Gasteiger partial charge in [0.15, 0.2) is 6.10 Å². The highest BCUT2D eigenvalue weighted by atomic mass is 31.2.